The van der Waals surface area contributed by atoms with Gasteiger partial charge in [0.05, 0.1) is 11.0 Å². The standard InChI is InChI=1S/C8H18N2OS/c1-4-12(11)10-6-5-9-7(2)8(10)3/h7-9H,4-6H2,1-3H3. The van der Waals surface area contributed by atoms with E-state index in [4.69, 9.17) is 0 Å². The maximum atomic E-state index is 11.5. The molecule has 3 unspecified atom stereocenters. The topological polar surface area (TPSA) is 32.3 Å². The van der Waals surface area contributed by atoms with E-state index in [9.17, 15) is 4.21 Å². The lowest BCUT2D eigenvalue weighted by Crippen LogP contribution is -2.55. The molecule has 1 rings (SSSR count). The van der Waals surface area contributed by atoms with Crippen LogP contribution >= 0.6 is 0 Å². The van der Waals surface area contributed by atoms with Crippen molar-refractivity contribution in [3.05, 3.63) is 0 Å². The predicted molar refractivity (Wildman–Crippen MR) is 52.3 cm³/mol. The third kappa shape index (κ3) is 2.06. The third-order valence-corrected chi connectivity index (χ3v) is 4.02. The van der Waals surface area contributed by atoms with E-state index in [1.807, 2.05) is 6.92 Å². The van der Waals surface area contributed by atoms with Gasteiger partial charge in [0.1, 0.15) is 0 Å². The number of hydrogen-bond donors (Lipinski definition) is 1. The van der Waals surface area contributed by atoms with Gasteiger partial charge in [0.15, 0.2) is 0 Å². The van der Waals surface area contributed by atoms with Crippen LogP contribution in [0.15, 0.2) is 0 Å². The van der Waals surface area contributed by atoms with E-state index in [2.05, 4.69) is 23.5 Å². The fourth-order valence-corrected chi connectivity index (χ4v) is 2.66. The van der Waals surface area contributed by atoms with Gasteiger partial charge in [-0.1, -0.05) is 6.92 Å². The van der Waals surface area contributed by atoms with Crippen LogP contribution in [-0.2, 0) is 11.0 Å². The average molecular weight is 190 g/mol. The Labute approximate surface area is 77.1 Å². The zero-order valence-corrected chi connectivity index (χ0v) is 8.86. The van der Waals surface area contributed by atoms with E-state index in [-0.39, 0.29) is 0 Å². The monoisotopic (exact) mass is 190 g/mol. The van der Waals surface area contributed by atoms with E-state index in [0.717, 1.165) is 18.8 Å². The smallest absolute Gasteiger partial charge is 0.0943 e. The minimum atomic E-state index is -0.771. The Kier molecular flexibility index (Phi) is 3.68. The van der Waals surface area contributed by atoms with Crippen LogP contribution in [-0.4, -0.2) is 39.4 Å². The van der Waals surface area contributed by atoms with Gasteiger partial charge < -0.3 is 5.32 Å². The van der Waals surface area contributed by atoms with Gasteiger partial charge in [0.25, 0.3) is 0 Å². The minimum absolute atomic E-state index is 0.388. The molecule has 1 aliphatic heterocycles. The molecule has 72 valence electrons. The first kappa shape index (κ1) is 10.2. The number of rotatable bonds is 2. The first-order valence-electron chi connectivity index (χ1n) is 4.55. The highest BCUT2D eigenvalue weighted by Crippen LogP contribution is 2.10. The van der Waals surface area contributed by atoms with E-state index >= 15 is 0 Å². The lowest BCUT2D eigenvalue weighted by molar-refractivity contribution is 0.243. The molecule has 12 heavy (non-hydrogen) atoms. The maximum Gasteiger partial charge on any atom is 0.0943 e. The fourth-order valence-electron chi connectivity index (χ4n) is 1.48. The van der Waals surface area contributed by atoms with Gasteiger partial charge in [-0.25, -0.2) is 8.51 Å². The summed E-state index contributed by atoms with van der Waals surface area (Å²) in [6.45, 7) is 8.10. The summed E-state index contributed by atoms with van der Waals surface area (Å²) in [5.74, 6) is 0.733. The molecular formula is C8H18N2OS. The molecule has 0 bridgehead atoms. The second kappa shape index (κ2) is 4.35. The van der Waals surface area contributed by atoms with Crippen molar-refractivity contribution < 1.29 is 4.21 Å². The van der Waals surface area contributed by atoms with Gasteiger partial charge in [-0.3, -0.25) is 0 Å². The van der Waals surface area contributed by atoms with Crippen LogP contribution in [0.1, 0.15) is 20.8 Å². The van der Waals surface area contributed by atoms with Gasteiger partial charge in [-0.15, -0.1) is 0 Å². The van der Waals surface area contributed by atoms with Crippen molar-refractivity contribution in [1.29, 1.82) is 0 Å². The van der Waals surface area contributed by atoms with E-state index in [1.54, 1.807) is 0 Å². The van der Waals surface area contributed by atoms with Crippen LogP contribution < -0.4 is 5.32 Å². The van der Waals surface area contributed by atoms with Crippen molar-refractivity contribution in [3.63, 3.8) is 0 Å². The fraction of sp³-hybridized carbons (Fsp3) is 1.00. The van der Waals surface area contributed by atoms with Crippen molar-refractivity contribution in [2.75, 3.05) is 18.8 Å². The predicted octanol–water partition coefficient (Wildman–Crippen LogP) is 0.352. The Bertz CT molecular complexity index is 174. The molecule has 3 nitrogen and oxygen atoms in total. The molecule has 0 aromatic carbocycles. The summed E-state index contributed by atoms with van der Waals surface area (Å²) in [5, 5.41) is 3.36. The minimum Gasteiger partial charge on any atom is -0.311 e. The first-order valence-corrected chi connectivity index (χ1v) is 5.83. The van der Waals surface area contributed by atoms with Gasteiger partial charge in [-0.2, -0.15) is 0 Å². The summed E-state index contributed by atoms with van der Waals surface area (Å²) >= 11 is 0. The quantitative estimate of drug-likeness (QED) is 0.681. The van der Waals surface area contributed by atoms with Gasteiger partial charge in [0.2, 0.25) is 0 Å². The molecule has 0 amide bonds. The number of nitrogens with one attached hydrogen (secondary N) is 1. The van der Waals surface area contributed by atoms with Crippen LogP contribution in [0, 0.1) is 0 Å². The molecule has 0 aromatic rings. The van der Waals surface area contributed by atoms with Crippen LogP contribution in [0.4, 0.5) is 0 Å². The number of piperazine rings is 1. The van der Waals surface area contributed by atoms with E-state index in [1.165, 1.54) is 0 Å². The Morgan fingerprint density at radius 3 is 2.83 bits per heavy atom. The van der Waals surface area contributed by atoms with E-state index < -0.39 is 11.0 Å². The van der Waals surface area contributed by atoms with E-state index in [0.29, 0.717) is 12.1 Å². The van der Waals surface area contributed by atoms with Crippen LogP contribution in [0.5, 0.6) is 0 Å². The molecule has 0 aliphatic carbocycles. The molecule has 0 radical (unpaired) electrons. The molecular weight excluding hydrogens is 172 g/mol. The van der Waals surface area contributed by atoms with Crippen molar-refractivity contribution in [3.8, 4) is 0 Å². The molecule has 1 saturated heterocycles. The molecule has 1 N–H and O–H groups in total. The SMILES string of the molecule is CCS(=O)N1CCNC(C)C1C. The summed E-state index contributed by atoms with van der Waals surface area (Å²) < 4.78 is 13.6. The Morgan fingerprint density at radius 2 is 2.25 bits per heavy atom. The van der Waals surface area contributed by atoms with Gasteiger partial charge in [-0.05, 0) is 13.8 Å². The molecule has 0 spiro atoms. The van der Waals surface area contributed by atoms with Gasteiger partial charge >= 0.3 is 0 Å². The highest BCUT2D eigenvalue weighted by Gasteiger charge is 2.27. The molecule has 0 saturated carbocycles. The maximum absolute atomic E-state index is 11.5. The number of hydrogen-bond acceptors (Lipinski definition) is 2. The summed E-state index contributed by atoms with van der Waals surface area (Å²) in [7, 11) is -0.771. The van der Waals surface area contributed by atoms with Gasteiger partial charge in [0, 0.05) is 30.9 Å². The molecule has 0 aromatic heterocycles. The number of nitrogens with zero attached hydrogens (tertiary/aromatic N) is 1. The normalized spacial score (nSPS) is 34.9. The largest absolute Gasteiger partial charge is 0.311 e. The Morgan fingerprint density at radius 1 is 1.58 bits per heavy atom. The third-order valence-electron chi connectivity index (χ3n) is 2.48. The molecule has 1 aliphatic rings. The van der Waals surface area contributed by atoms with Crippen molar-refractivity contribution >= 4 is 11.0 Å². The zero-order valence-electron chi connectivity index (χ0n) is 8.04. The summed E-state index contributed by atoms with van der Waals surface area (Å²) in [5.41, 5.74) is 0. The highest BCUT2D eigenvalue weighted by atomic mass is 32.2. The summed E-state index contributed by atoms with van der Waals surface area (Å²) in [6.07, 6.45) is 0. The van der Waals surface area contributed by atoms with Crippen molar-refractivity contribution in [1.82, 2.24) is 9.62 Å². The molecule has 4 heteroatoms. The second-order valence-corrected chi connectivity index (χ2v) is 4.92. The molecule has 3 atom stereocenters. The first-order chi connectivity index (χ1) is 5.66. The Hall–Kier alpha value is 0.0700. The molecule has 1 heterocycles. The second-order valence-electron chi connectivity index (χ2n) is 3.23. The lowest BCUT2D eigenvalue weighted by Gasteiger charge is -2.37. The van der Waals surface area contributed by atoms with Crippen LogP contribution in [0.25, 0.3) is 0 Å². The van der Waals surface area contributed by atoms with Crippen molar-refractivity contribution in [2.45, 2.75) is 32.9 Å². The Balaban J connectivity index is 2.57. The zero-order chi connectivity index (χ0) is 9.14. The van der Waals surface area contributed by atoms with Crippen LogP contribution in [0.2, 0.25) is 0 Å². The summed E-state index contributed by atoms with van der Waals surface area (Å²) in [4.78, 5) is 0. The van der Waals surface area contributed by atoms with Crippen LogP contribution in [0.3, 0.4) is 0 Å². The highest BCUT2D eigenvalue weighted by molar-refractivity contribution is 7.82. The lowest BCUT2D eigenvalue weighted by atomic mass is 10.1. The summed E-state index contributed by atoms with van der Waals surface area (Å²) in [6, 6.07) is 0.841. The molecule has 1 fully saturated rings. The average Bonchev–Trinajstić information content (AvgIpc) is 2.08. The van der Waals surface area contributed by atoms with Crippen molar-refractivity contribution in [2.24, 2.45) is 0 Å².